The number of carbonyl (C=O) groups is 1. The molecule has 1 aromatic rings. The molecule has 1 saturated heterocycles. The molecule has 2 rings (SSSR count). The fourth-order valence-corrected chi connectivity index (χ4v) is 2.86. The third-order valence-electron chi connectivity index (χ3n) is 3.91. The molecular formula is C16H24N2O2. The lowest BCUT2D eigenvalue weighted by molar-refractivity contribution is 0.0611. The summed E-state index contributed by atoms with van der Waals surface area (Å²) in [5, 5.41) is 3.19. The van der Waals surface area contributed by atoms with E-state index in [9.17, 15) is 4.79 Å². The number of likely N-dealkylation sites (tertiary alicyclic amines) is 1. The van der Waals surface area contributed by atoms with Gasteiger partial charge in [0.2, 0.25) is 0 Å². The highest BCUT2D eigenvalue weighted by atomic mass is 16.5. The Morgan fingerprint density at radius 3 is 2.95 bits per heavy atom. The molecule has 20 heavy (non-hydrogen) atoms. The highest BCUT2D eigenvalue weighted by Gasteiger charge is 2.28. The molecule has 4 nitrogen and oxygen atoms in total. The summed E-state index contributed by atoms with van der Waals surface area (Å²) in [6, 6.07) is 6.05. The van der Waals surface area contributed by atoms with Gasteiger partial charge in [-0.1, -0.05) is 11.6 Å². The van der Waals surface area contributed by atoms with Gasteiger partial charge in [-0.3, -0.25) is 4.79 Å². The van der Waals surface area contributed by atoms with Gasteiger partial charge in [0.1, 0.15) is 5.75 Å². The Balaban J connectivity index is 2.26. The lowest BCUT2D eigenvalue weighted by Crippen LogP contribution is -2.48. The van der Waals surface area contributed by atoms with Gasteiger partial charge in [0.15, 0.2) is 0 Å². The molecular weight excluding hydrogens is 252 g/mol. The summed E-state index contributed by atoms with van der Waals surface area (Å²) in [5.74, 6) is 0.750. The largest absolute Gasteiger partial charge is 0.496 e. The molecule has 1 unspecified atom stereocenters. The van der Waals surface area contributed by atoms with Crippen molar-refractivity contribution in [2.45, 2.75) is 32.2 Å². The zero-order chi connectivity index (χ0) is 14.5. The van der Waals surface area contributed by atoms with Crippen molar-refractivity contribution in [3.8, 4) is 5.75 Å². The van der Waals surface area contributed by atoms with Gasteiger partial charge < -0.3 is 15.0 Å². The predicted octanol–water partition coefficient (Wildman–Crippen LogP) is 2.22. The molecule has 1 amide bonds. The Bertz CT molecular complexity index is 472. The highest BCUT2D eigenvalue weighted by Crippen LogP contribution is 2.25. The Morgan fingerprint density at radius 1 is 1.45 bits per heavy atom. The van der Waals surface area contributed by atoms with Crippen molar-refractivity contribution in [1.29, 1.82) is 0 Å². The van der Waals surface area contributed by atoms with Crippen LogP contribution >= 0.6 is 0 Å². The van der Waals surface area contributed by atoms with Gasteiger partial charge in [-0.05, 0) is 45.4 Å². The summed E-state index contributed by atoms with van der Waals surface area (Å²) in [6.07, 6.45) is 3.35. The molecule has 0 bridgehead atoms. The van der Waals surface area contributed by atoms with Crippen molar-refractivity contribution in [2.75, 3.05) is 27.2 Å². The number of aryl methyl sites for hydroxylation is 1. The lowest BCUT2D eigenvalue weighted by atomic mass is 10.00. The van der Waals surface area contributed by atoms with Crippen molar-refractivity contribution >= 4 is 5.91 Å². The minimum atomic E-state index is 0.0884. The molecule has 0 aromatic heterocycles. The van der Waals surface area contributed by atoms with Crippen LogP contribution in [-0.2, 0) is 0 Å². The van der Waals surface area contributed by atoms with Gasteiger partial charge in [0, 0.05) is 19.1 Å². The lowest BCUT2D eigenvalue weighted by Gasteiger charge is -2.36. The average molecular weight is 276 g/mol. The third-order valence-corrected chi connectivity index (χ3v) is 3.91. The maximum absolute atomic E-state index is 12.8. The van der Waals surface area contributed by atoms with Crippen LogP contribution in [0.25, 0.3) is 0 Å². The van der Waals surface area contributed by atoms with E-state index in [0.717, 1.165) is 31.5 Å². The molecule has 1 aromatic carbocycles. The van der Waals surface area contributed by atoms with Crippen molar-refractivity contribution in [3.05, 3.63) is 29.3 Å². The van der Waals surface area contributed by atoms with Gasteiger partial charge >= 0.3 is 0 Å². The number of carbonyl (C=O) groups excluding carboxylic acids is 1. The number of amides is 1. The summed E-state index contributed by atoms with van der Waals surface area (Å²) in [7, 11) is 3.55. The fourth-order valence-electron chi connectivity index (χ4n) is 2.86. The summed E-state index contributed by atoms with van der Waals surface area (Å²) in [5.41, 5.74) is 1.76. The summed E-state index contributed by atoms with van der Waals surface area (Å²) in [4.78, 5) is 14.8. The van der Waals surface area contributed by atoms with E-state index in [0.29, 0.717) is 11.3 Å². The Labute approximate surface area is 121 Å². The SMILES string of the molecule is CNCC1CCCCN1C(=O)c1cc(C)ccc1OC. The van der Waals surface area contributed by atoms with Gasteiger partial charge in [-0.15, -0.1) is 0 Å². The highest BCUT2D eigenvalue weighted by molar-refractivity contribution is 5.97. The molecule has 1 aliphatic heterocycles. The van der Waals surface area contributed by atoms with Crippen LogP contribution in [0.3, 0.4) is 0 Å². The topological polar surface area (TPSA) is 41.6 Å². The Kier molecular flexibility index (Phi) is 5.01. The van der Waals surface area contributed by atoms with Crippen LogP contribution in [0.5, 0.6) is 5.75 Å². The van der Waals surface area contributed by atoms with Gasteiger partial charge in [-0.25, -0.2) is 0 Å². The molecule has 4 heteroatoms. The molecule has 0 aliphatic carbocycles. The maximum atomic E-state index is 12.8. The predicted molar refractivity (Wildman–Crippen MR) is 80.3 cm³/mol. The molecule has 1 fully saturated rings. The quantitative estimate of drug-likeness (QED) is 0.917. The minimum Gasteiger partial charge on any atom is -0.496 e. The second-order valence-corrected chi connectivity index (χ2v) is 5.41. The van der Waals surface area contributed by atoms with Crippen LogP contribution in [0, 0.1) is 6.92 Å². The second-order valence-electron chi connectivity index (χ2n) is 5.41. The molecule has 0 radical (unpaired) electrons. The molecule has 1 aliphatic rings. The van der Waals surface area contributed by atoms with E-state index in [1.165, 1.54) is 6.42 Å². The van der Waals surface area contributed by atoms with E-state index in [1.807, 2.05) is 37.1 Å². The van der Waals surface area contributed by atoms with Crippen LogP contribution in [-0.4, -0.2) is 44.1 Å². The number of benzene rings is 1. The summed E-state index contributed by atoms with van der Waals surface area (Å²) < 4.78 is 5.34. The molecule has 1 heterocycles. The van der Waals surface area contributed by atoms with Crippen LogP contribution in [0.4, 0.5) is 0 Å². The van der Waals surface area contributed by atoms with Crippen LogP contribution < -0.4 is 10.1 Å². The molecule has 1 atom stereocenters. The summed E-state index contributed by atoms with van der Waals surface area (Å²) >= 11 is 0. The van der Waals surface area contributed by atoms with Crippen LogP contribution in [0.2, 0.25) is 0 Å². The number of rotatable bonds is 4. The Morgan fingerprint density at radius 2 is 2.25 bits per heavy atom. The fraction of sp³-hybridized carbons (Fsp3) is 0.562. The number of hydrogen-bond donors (Lipinski definition) is 1. The number of nitrogens with one attached hydrogen (secondary N) is 1. The van der Waals surface area contributed by atoms with E-state index in [1.54, 1.807) is 7.11 Å². The van der Waals surface area contributed by atoms with Crippen LogP contribution in [0.15, 0.2) is 18.2 Å². The number of methoxy groups -OCH3 is 1. The average Bonchev–Trinajstić information content (AvgIpc) is 2.47. The smallest absolute Gasteiger partial charge is 0.257 e. The van der Waals surface area contributed by atoms with Gasteiger partial charge in [-0.2, -0.15) is 0 Å². The van der Waals surface area contributed by atoms with E-state index >= 15 is 0 Å². The zero-order valence-electron chi connectivity index (χ0n) is 12.6. The summed E-state index contributed by atoms with van der Waals surface area (Å²) in [6.45, 7) is 3.68. The number of piperidine rings is 1. The standard InChI is InChI=1S/C16H24N2O2/c1-12-7-8-15(20-3)14(10-12)16(19)18-9-5-4-6-13(18)11-17-2/h7-8,10,13,17H,4-6,9,11H2,1-3H3. The maximum Gasteiger partial charge on any atom is 0.257 e. The third kappa shape index (κ3) is 3.12. The number of likely N-dealkylation sites (N-methyl/N-ethyl adjacent to an activating group) is 1. The zero-order valence-corrected chi connectivity index (χ0v) is 12.6. The number of nitrogens with zero attached hydrogens (tertiary/aromatic N) is 1. The van der Waals surface area contributed by atoms with Crippen molar-refractivity contribution < 1.29 is 9.53 Å². The van der Waals surface area contributed by atoms with Crippen molar-refractivity contribution in [2.24, 2.45) is 0 Å². The molecule has 0 spiro atoms. The first-order valence-corrected chi connectivity index (χ1v) is 7.27. The minimum absolute atomic E-state index is 0.0884. The second kappa shape index (κ2) is 6.75. The molecule has 110 valence electrons. The van der Waals surface area contributed by atoms with Crippen molar-refractivity contribution in [3.63, 3.8) is 0 Å². The number of hydrogen-bond acceptors (Lipinski definition) is 3. The van der Waals surface area contributed by atoms with Gasteiger partial charge in [0.05, 0.1) is 12.7 Å². The van der Waals surface area contributed by atoms with Gasteiger partial charge in [0.25, 0.3) is 5.91 Å². The van der Waals surface area contributed by atoms with Crippen LogP contribution in [0.1, 0.15) is 35.2 Å². The van der Waals surface area contributed by atoms with Crippen molar-refractivity contribution in [1.82, 2.24) is 10.2 Å². The first kappa shape index (κ1) is 14.9. The monoisotopic (exact) mass is 276 g/mol. The normalized spacial score (nSPS) is 18.9. The van der Waals surface area contributed by atoms with E-state index in [2.05, 4.69) is 5.32 Å². The van der Waals surface area contributed by atoms with E-state index < -0.39 is 0 Å². The number of ether oxygens (including phenoxy) is 1. The van der Waals surface area contributed by atoms with E-state index in [-0.39, 0.29) is 11.9 Å². The molecule has 1 N–H and O–H groups in total. The first-order chi connectivity index (χ1) is 9.67. The molecule has 0 saturated carbocycles. The Hall–Kier alpha value is -1.55. The van der Waals surface area contributed by atoms with E-state index in [4.69, 9.17) is 4.74 Å². The first-order valence-electron chi connectivity index (χ1n) is 7.27.